The molecule has 1 N–H and O–H groups in total. The smallest absolute Gasteiger partial charge is 0.0702 e. The summed E-state index contributed by atoms with van der Waals surface area (Å²) in [6.07, 6.45) is 1.37. The van der Waals surface area contributed by atoms with Gasteiger partial charge in [-0.05, 0) is 30.6 Å². The first-order valence-corrected chi connectivity index (χ1v) is 4.81. The lowest BCUT2D eigenvalue weighted by Crippen LogP contribution is -2.51. The van der Waals surface area contributed by atoms with Gasteiger partial charge in [-0.15, -0.1) is 0 Å². The molecule has 0 spiro atoms. The average molecular weight is 183 g/mol. The van der Waals surface area contributed by atoms with Crippen molar-refractivity contribution in [1.29, 1.82) is 0 Å². The van der Waals surface area contributed by atoms with Crippen LogP contribution in [0.25, 0.3) is 0 Å². The van der Waals surface area contributed by atoms with Crippen LogP contribution in [-0.2, 0) is 4.79 Å². The number of rotatable bonds is 1. The van der Waals surface area contributed by atoms with E-state index in [0.29, 0.717) is 18.8 Å². The maximum Gasteiger partial charge on any atom is 0.0702 e. The van der Waals surface area contributed by atoms with E-state index in [4.69, 9.17) is 0 Å². The summed E-state index contributed by atoms with van der Waals surface area (Å²) in [4.78, 5) is 11.0. The molecule has 0 heterocycles. The molecule has 0 amide bonds. The summed E-state index contributed by atoms with van der Waals surface area (Å²) >= 11 is 0. The third kappa shape index (κ3) is 0.857. The third-order valence-electron chi connectivity index (χ3n) is 4.24. The molecule has 0 aromatic heterocycles. The van der Waals surface area contributed by atoms with E-state index in [1.54, 1.807) is 0 Å². The van der Waals surface area contributed by atoms with Crippen LogP contribution in [0.4, 0.5) is 0 Å². The lowest BCUT2D eigenvalue weighted by molar-refractivity contribution is -0.324. The fraction of sp³-hybridized carbons (Fsp3) is 0.900. The van der Waals surface area contributed by atoms with Crippen molar-refractivity contribution in [2.75, 3.05) is 0 Å². The van der Waals surface area contributed by atoms with E-state index < -0.39 is 17.5 Å². The molecule has 2 rings (SSSR count). The number of carbonyl (C=O) groups is 1. The standard InChI is InChI=1S/C10H16O3/c1-9(2)6-3-4-10(5-6,7(9)11)8(12)13/h6-7,11H,3-5H2,1-2H3,(H,12,13)/p-1/t6-,7+,10-/m1/s1. The highest BCUT2D eigenvalue weighted by atomic mass is 16.4. The van der Waals surface area contributed by atoms with Crippen LogP contribution in [0.2, 0.25) is 0 Å². The van der Waals surface area contributed by atoms with Crippen LogP contribution in [-0.4, -0.2) is 17.2 Å². The van der Waals surface area contributed by atoms with Gasteiger partial charge < -0.3 is 15.0 Å². The van der Waals surface area contributed by atoms with E-state index >= 15 is 0 Å². The van der Waals surface area contributed by atoms with Crippen LogP contribution in [0.5, 0.6) is 0 Å². The van der Waals surface area contributed by atoms with Crippen molar-refractivity contribution in [3.63, 3.8) is 0 Å². The highest BCUT2D eigenvalue weighted by Gasteiger charge is 2.61. The Hall–Kier alpha value is -0.570. The molecule has 0 aromatic carbocycles. The van der Waals surface area contributed by atoms with Gasteiger partial charge in [0.1, 0.15) is 0 Å². The minimum atomic E-state index is -1.06. The molecule has 2 aliphatic rings. The molecule has 13 heavy (non-hydrogen) atoms. The fourth-order valence-corrected chi connectivity index (χ4v) is 3.19. The Bertz CT molecular complexity index is 259. The van der Waals surface area contributed by atoms with Crippen molar-refractivity contribution >= 4 is 5.97 Å². The highest BCUT2D eigenvalue weighted by molar-refractivity contribution is 5.75. The van der Waals surface area contributed by atoms with Crippen molar-refractivity contribution in [2.45, 2.75) is 39.2 Å². The number of hydrogen-bond donors (Lipinski definition) is 1. The number of carbonyl (C=O) groups excluding carboxylic acids is 1. The summed E-state index contributed by atoms with van der Waals surface area (Å²) in [6, 6.07) is 0. The van der Waals surface area contributed by atoms with Gasteiger partial charge in [-0.25, -0.2) is 0 Å². The number of carboxylic acids is 1. The normalized spacial score (nSPS) is 46.7. The van der Waals surface area contributed by atoms with E-state index in [2.05, 4.69) is 0 Å². The Morgan fingerprint density at radius 3 is 2.46 bits per heavy atom. The first-order valence-electron chi connectivity index (χ1n) is 4.81. The lowest BCUT2D eigenvalue weighted by atomic mass is 9.69. The molecule has 0 aliphatic heterocycles. The van der Waals surface area contributed by atoms with Crippen LogP contribution < -0.4 is 5.11 Å². The molecule has 2 saturated carbocycles. The quantitative estimate of drug-likeness (QED) is 0.618. The summed E-state index contributed by atoms with van der Waals surface area (Å²) in [5.74, 6) is -0.714. The zero-order valence-corrected chi connectivity index (χ0v) is 8.04. The number of fused-ring (bicyclic) bond motifs is 2. The second-order valence-electron chi connectivity index (χ2n) is 5.11. The molecule has 3 heteroatoms. The van der Waals surface area contributed by atoms with Crippen molar-refractivity contribution in [1.82, 2.24) is 0 Å². The third-order valence-corrected chi connectivity index (χ3v) is 4.24. The average Bonchev–Trinajstić information content (AvgIpc) is 2.53. The maximum atomic E-state index is 11.0. The van der Waals surface area contributed by atoms with E-state index in [0.717, 1.165) is 6.42 Å². The van der Waals surface area contributed by atoms with Crippen LogP contribution in [0.15, 0.2) is 0 Å². The van der Waals surface area contributed by atoms with Gasteiger partial charge in [-0.2, -0.15) is 0 Å². The van der Waals surface area contributed by atoms with E-state index in [1.165, 1.54) is 0 Å². The molecule has 2 bridgehead atoms. The van der Waals surface area contributed by atoms with Gasteiger partial charge in [-0.1, -0.05) is 13.8 Å². The topological polar surface area (TPSA) is 60.4 Å². The van der Waals surface area contributed by atoms with Crippen LogP contribution >= 0.6 is 0 Å². The van der Waals surface area contributed by atoms with Crippen LogP contribution in [0, 0.1) is 16.7 Å². The minimum Gasteiger partial charge on any atom is -0.549 e. The largest absolute Gasteiger partial charge is 0.549 e. The van der Waals surface area contributed by atoms with Gasteiger partial charge in [0.15, 0.2) is 0 Å². The van der Waals surface area contributed by atoms with Crippen LogP contribution in [0.3, 0.4) is 0 Å². The molecule has 0 unspecified atom stereocenters. The van der Waals surface area contributed by atoms with Crippen molar-refractivity contribution in [3.05, 3.63) is 0 Å². The predicted molar refractivity (Wildman–Crippen MR) is 44.6 cm³/mol. The summed E-state index contributed by atoms with van der Waals surface area (Å²) in [7, 11) is 0. The van der Waals surface area contributed by atoms with Crippen molar-refractivity contribution in [3.8, 4) is 0 Å². The fourth-order valence-electron chi connectivity index (χ4n) is 3.19. The summed E-state index contributed by atoms with van der Waals surface area (Å²) in [5.41, 5.74) is -1.19. The lowest BCUT2D eigenvalue weighted by Gasteiger charge is -2.41. The van der Waals surface area contributed by atoms with Gasteiger partial charge in [0.25, 0.3) is 0 Å². The molecule has 0 radical (unpaired) electrons. The Morgan fingerprint density at radius 1 is 1.54 bits per heavy atom. The molecule has 74 valence electrons. The maximum absolute atomic E-state index is 11.0. The Labute approximate surface area is 77.8 Å². The van der Waals surface area contributed by atoms with Crippen molar-refractivity contribution in [2.24, 2.45) is 16.7 Å². The molecule has 2 aliphatic carbocycles. The summed E-state index contributed by atoms with van der Waals surface area (Å²) in [6.45, 7) is 3.90. The number of carboxylic acid groups (broad SMARTS) is 1. The molecule has 3 nitrogen and oxygen atoms in total. The Morgan fingerprint density at radius 2 is 2.15 bits per heavy atom. The number of hydrogen-bond acceptors (Lipinski definition) is 3. The highest BCUT2D eigenvalue weighted by Crippen LogP contribution is 2.62. The first-order chi connectivity index (χ1) is 5.91. The molecular formula is C10H15O3-. The first kappa shape index (κ1) is 9.00. The number of aliphatic carboxylic acids is 1. The Kier molecular flexibility index (Phi) is 1.57. The number of aliphatic hydroxyl groups excluding tert-OH is 1. The molecule has 3 atom stereocenters. The molecule has 2 fully saturated rings. The summed E-state index contributed by atoms with van der Waals surface area (Å²) < 4.78 is 0. The van der Waals surface area contributed by atoms with Crippen LogP contribution in [0.1, 0.15) is 33.1 Å². The summed E-state index contributed by atoms with van der Waals surface area (Å²) in [5, 5.41) is 21.0. The molecule has 0 saturated heterocycles. The minimum absolute atomic E-state index is 0.252. The number of aliphatic hydroxyl groups is 1. The zero-order chi connectivity index (χ0) is 9.85. The van der Waals surface area contributed by atoms with E-state index in [-0.39, 0.29) is 5.41 Å². The van der Waals surface area contributed by atoms with E-state index in [1.807, 2.05) is 13.8 Å². The van der Waals surface area contributed by atoms with Gasteiger partial charge in [0.05, 0.1) is 12.1 Å². The van der Waals surface area contributed by atoms with Crippen molar-refractivity contribution < 1.29 is 15.0 Å². The SMILES string of the molecule is CC1(C)[C@@H]2CC[C@@](C(=O)[O-])(C2)[C@H]1O. The predicted octanol–water partition coefficient (Wildman–Crippen LogP) is -0.0765. The monoisotopic (exact) mass is 183 g/mol. The van der Waals surface area contributed by atoms with Gasteiger partial charge in [0, 0.05) is 5.41 Å². The molecular weight excluding hydrogens is 168 g/mol. The molecule has 0 aromatic rings. The second kappa shape index (κ2) is 2.27. The zero-order valence-electron chi connectivity index (χ0n) is 8.04. The van der Waals surface area contributed by atoms with Gasteiger partial charge in [0.2, 0.25) is 0 Å². The second-order valence-corrected chi connectivity index (χ2v) is 5.11. The van der Waals surface area contributed by atoms with Gasteiger partial charge in [-0.3, -0.25) is 0 Å². The Balaban J connectivity index is 2.40. The van der Waals surface area contributed by atoms with E-state index in [9.17, 15) is 15.0 Å². The van der Waals surface area contributed by atoms with Gasteiger partial charge >= 0.3 is 0 Å².